The highest BCUT2D eigenvalue weighted by atomic mass is 32.1. The first-order valence-electron chi connectivity index (χ1n) is 9.60. The molecule has 2 heterocycles. The smallest absolute Gasteiger partial charge is 0.270 e. The molecule has 1 aromatic heterocycles. The Balaban J connectivity index is 1.34. The number of nitrogens with zero attached hydrogens (tertiary/aromatic N) is 1. The molecule has 8 heteroatoms. The fourth-order valence-corrected chi connectivity index (χ4v) is 3.97. The van der Waals surface area contributed by atoms with Crippen LogP contribution in [0.3, 0.4) is 0 Å². The number of thiazole rings is 1. The number of carbonyl (C=O) groups is 1. The van der Waals surface area contributed by atoms with E-state index in [1.54, 1.807) is 17.5 Å². The number of ether oxygens (including phenoxy) is 2. The van der Waals surface area contributed by atoms with Crippen molar-refractivity contribution in [3.05, 3.63) is 70.7 Å². The molecule has 0 bridgehead atoms. The summed E-state index contributed by atoms with van der Waals surface area (Å²) in [5.41, 5.74) is 1.64. The topological polar surface area (TPSA) is 60.5 Å². The van der Waals surface area contributed by atoms with E-state index in [1.807, 2.05) is 12.1 Å². The molecule has 30 heavy (non-hydrogen) atoms. The number of halogens is 2. The number of benzene rings is 2. The number of aromatic nitrogens is 1. The predicted octanol–water partition coefficient (Wildman–Crippen LogP) is 4.58. The summed E-state index contributed by atoms with van der Waals surface area (Å²) in [6.07, 6.45) is 2.08. The average molecular weight is 430 g/mol. The lowest BCUT2D eigenvalue weighted by atomic mass is 10.2. The third-order valence-corrected chi connectivity index (χ3v) is 5.57. The Bertz CT molecular complexity index is 997. The first-order chi connectivity index (χ1) is 14.6. The van der Waals surface area contributed by atoms with Gasteiger partial charge in [0.25, 0.3) is 5.91 Å². The van der Waals surface area contributed by atoms with Crippen LogP contribution in [-0.2, 0) is 11.3 Å². The van der Waals surface area contributed by atoms with Crippen LogP contribution in [0.15, 0.2) is 47.8 Å². The Morgan fingerprint density at radius 1 is 1.20 bits per heavy atom. The summed E-state index contributed by atoms with van der Waals surface area (Å²) in [4.78, 5) is 16.7. The van der Waals surface area contributed by atoms with Gasteiger partial charge in [0, 0.05) is 30.2 Å². The van der Waals surface area contributed by atoms with Crippen molar-refractivity contribution < 1.29 is 23.0 Å². The number of carbonyl (C=O) groups excluding carboxylic acids is 1. The molecule has 1 fully saturated rings. The Kier molecular flexibility index (Phi) is 6.35. The van der Waals surface area contributed by atoms with Gasteiger partial charge in [-0.25, -0.2) is 13.8 Å². The summed E-state index contributed by atoms with van der Waals surface area (Å²) in [7, 11) is 0. The van der Waals surface area contributed by atoms with Gasteiger partial charge in [-0.05, 0) is 54.8 Å². The number of amides is 1. The van der Waals surface area contributed by atoms with Gasteiger partial charge in [-0.15, -0.1) is 11.3 Å². The molecule has 1 aliphatic heterocycles. The normalized spacial score (nSPS) is 15.9. The molecule has 1 N–H and O–H groups in total. The molecule has 1 amide bonds. The minimum absolute atomic E-state index is 0.0559. The van der Waals surface area contributed by atoms with Crippen LogP contribution >= 0.6 is 11.3 Å². The Hall–Kier alpha value is -2.84. The Labute approximate surface area is 176 Å². The van der Waals surface area contributed by atoms with Gasteiger partial charge in [0.2, 0.25) is 0 Å². The van der Waals surface area contributed by atoms with Crippen molar-refractivity contribution in [2.75, 3.05) is 13.2 Å². The van der Waals surface area contributed by atoms with Crippen LogP contribution in [-0.4, -0.2) is 30.1 Å². The second kappa shape index (κ2) is 9.32. The van der Waals surface area contributed by atoms with Crippen LogP contribution in [0.1, 0.15) is 28.9 Å². The molecule has 0 unspecified atom stereocenters. The maximum Gasteiger partial charge on any atom is 0.270 e. The number of hydrogen-bond acceptors (Lipinski definition) is 5. The minimum atomic E-state index is -0.636. The summed E-state index contributed by atoms with van der Waals surface area (Å²) >= 11 is 1.38. The summed E-state index contributed by atoms with van der Waals surface area (Å²) in [6, 6.07) is 10.5. The van der Waals surface area contributed by atoms with Crippen LogP contribution in [0.2, 0.25) is 0 Å². The van der Waals surface area contributed by atoms with Crippen molar-refractivity contribution in [3.63, 3.8) is 0 Å². The second-order valence-corrected chi connectivity index (χ2v) is 7.83. The van der Waals surface area contributed by atoms with Gasteiger partial charge in [-0.3, -0.25) is 4.79 Å². The largest absolute Gasteiger partial charge is 0.489 e. The maximum atomic E-state index is 13.2. The molecule has 4 rings (SSSR count). The summed E-state index contributed by atoms with van der Waals surface area (Å²) in [5, 5.41) is 5.31. The van der Waals surface area contributed by atoms with E-state index in [0.717, 1.165) is 36.1 Å². The number of hydrogen-bond donors (Lipinski definition) is 1. The van der Waals surface area contributed by atoms with Gasteiger partial charge in [0.1, 0.15) is 34.7 Å². The van der Waals surface area contributed by atoms with Crippen molar-refractivity contribution in [2.24, 2.45) is 0 Å². The highest BCUT2D eigenvalue weighted by Crippen LogP contribution is 2.26. The lowest BCUT2D eigenvalue weighted by molar-refractivity contribution is 0.0854. The maximum absolute atomic E-state index is 13.2. The van der Waals surface area contributed by atoms with Gasteiger partial charge >= 0.3 is 0 Å². The fourth-order valence-electron chi connectivity index (χ4n) is 3.17. The van der Waals surface area contributed by atoms with Gasteiger partial charge in [0.05, 0.1) is 6.10 Å². The van der Waals surface area contributed by atoms with E-state index in [0.29, 0.717) is 23.6 Å². The van der Waals surface area contributed by atoms with Gasteiger partial charge in [-0.2, -0.15) is 0 Å². The quantitative estimate of drug-likeness (QED) is 0.596. The van der Waals surface area contributed by atoms with Gasteiger partial charge in [-0.1, -0.05) is 0 Å². The molecule has 1 aliphatic rings. The third-order valence-electron chi connectivity index (χ3n) is 4.68. The van der Waals surface area contributed by atoms with Crippen LogP contribution in [0, 0.1) is 11.6 Å². The molecule has 0 aliphatic carbocycles. The molecular weight excluding hydrogens is 410 g/mol. The first-order valence-corrected chi connectivity index (χ1v) is 10.5. The van der Waals surface area contributed by atoms with E-state index in [9.17, 15) is 13.6 Å². The lowest BCUT2D eigenvalue weighted by Gasteiger charge is -2.09. The molecule has 0 saturated carbocycles. The monoisotopic (exact) mass is 430 g/mol. The molecule has 1 atom stereocenters. The second-order valence-electron chi connectivity index (χ2n) is 6.97. The molecule has 3 aromatic rings. The van der Waals surface area contributed by atoms with Crippen LogP contribution in [0.5, 0.6) is 5.75 Å². The molecule has 2 aromatic carbocycles. The van der Waals surface area contributed by atoms with Crippen molar-refractivity contribution in [1.29, 1.82) is 0 Å². The average Bonchev–Trinajstić information content (AvgIpc) is 3.42. The summed E-state index contributed by atoms with van der Waals surface area (Å²) < 4.78 is 37.6. The predicted molar refractivity (Wildman–Crippen MR) is 110 cm³/mol. The van der Waals surface area contributed by atoms with Gasteiger partial charge in [0.15, 0.2) is 0 Å². The SMILES string of the molecule is O=C(NC[C@H]1CCCO1)c1csc(-c2ccc(OCc3cc(F)cc(F)c3)cc2)n1. The molecule has 0 spiro atoms. The van der Waals surface area contributed by atoms with E-state index in [4.69, 9.17) is 9.47 Å². The van der Waals surface area contributed by atoms with Crippen molar-refractivity contribution in [3.8, 4) is 16.3 Å². The molecule has 5 nitrogen and oxygen atoms in total. The fraction of sp³-hybridized carbons (Fsp3) is 0.273. The molecule has 156 valence electrons. The highest BCUT2D eigenvalue weighted by Gasteiger charge is 2.18. The van der Waals surface area contributed by atoms with Crippen LogP contribution in [0.4, 0.5) is 8.78 Å². The van der Waals surface area contributed by atoms with E-state index in [-0.39, 0.29) is 18.6 Å². The van der Waals surface area contributed by atoms with Crippen molar-refractivity contribution >= 4 is 17.2 Å². The Morgan fingerprint density at radius 2 is 1.97 bits per heavy atom. The van der Waals surface area contributed by atoms with Crippen molar-refractivity contribution in [2.45, 2.75) is 25.6 Å². The molecule has 1 saturated heterocycles. The minimum Gasteiger partial charge on any atom is -0.489 e. The molecular formula is C22H20F2N2O3S. The van der Waals surface area contributed by atoms with Crippen molar-refractivity contribution in [1.82, 2.24) is 10.3 Å². The van der Waals surface area contributed by atoms with E-state index in [1.165, 1.54) is 23.5 Å². The summed E-state index contributed by atoms with van der Waals surface area (Å²) in [6.45, 7) is 1.30. The zero-order chi connectivity index (χ0) is 20.9. The van der Waals surface area contributed by atoms with Crippen LogP contribution < -0.4 is 10.1 Å². The lowest BCUT2D eigenvalue weighted by Crippen LogP contribution is -2.31. The van der Waals surface area contributed by atoms with Crippen LogP contribution in [0.25, 0.3) is 10.6 Å². The zero-order valence-corrected chi connectivity index (χ0v) is 16.9. The Morgan fingerprint density at radius 3 is 2.67 bits per heavy atom. The van der Waals surface area contributed by atoms with E-state index < -0.39 is 11.6 Å². The zero-order valence-electron chi connectivity index (χ0n) is 16.1. The number of rotatable bonds is 7. The standard InChI is InChI=1S/C22H20F2N2O3S/c23-16-8-14(9-17(24)10-16)12-29-18-5-3-15(4-6-18)22-26-20(13-30-22)21(27)25-11-19-2-1-7-28-19/h3-6,8-10,13,19H,1-2,7,11-12H2,(H,25,27)/t19-/m1/s1. The summed E-state index contributed by atoms with van der Waals surface area (Å²) in [5.74, 6) is -0.920. The molecule has 0 radical (unpaired) electrons. The number of nitrogens with one attached hydrogen (secondary N) is 1. The first kappa shape index (κ1) is 20.4. The third kappa shape index (κ3) is 5.20. The highest BCUT2D eigenvalue weighted by molar-refractivity contribution is 7.13. The van der Waals surface area contributed by atoms with Gasteiger partial charge < -0.3 is 14.8 Å². The van der Waals surface area contributed by atoms with E-state index in [2.05, 4.69) is 10.3 Å². The van der Waals surface area contributed by atoms with E-state index >= 15 is 0 Å².